The molecule has 1 aliphatic rings. The Bertz CT molecular complexity index is 1450. The number of hydrogen-bond acceptors (Lipinski definition) is 6. The van der Waals surface area contributed by atoms with Gasteiger partial charge in [-0.15, -0.1) is 0 Å². The number of hydrogen-bond donors (Lipinski definition) is 5. The number of nitrogens with one attached hydrogen (secondary N) is 4. The molecule has 0 aliphatic carbocycles. The van der Waals surface area contributed by atoms with E-state index in [0.717, 1.165) is 12.0 Å². The molecule has 2 rings (SSSR count). The van der Waals surface area contributed by atoms with Crippen LogP contribution >= 0.6 is 0 Å². The molecular weight excluding hydrogens is 660 g/mol. The van der Waals surface area contributed by atoms with E-state index in [0.29, 0.717) is 61.9 Å². The molecule has 12 nitrogen and oxygen atoms in total. The van der Waals surface area contributed by atoms with Gasteiger partial charge in [0.1, 0.15) is 12.1 Å². The molecule has 1 aromatic carbocycles. The van der Waals surface area contributed by atoms with E-state index < -0.39 is 29.4 Å². The lowest BCUT2D eigenvalue weighted by Gasteiger charge is -2.25. The molecule has 2 atom stereocenters. The zero-order valence-corrected chi connectivity index (χ0v) is 33.2. The summed E-state index contributed by atoms with van der Waals surface area (Å²) in [4.78, 5) is 78.7. The number of amides is 7. The number of nitrogens with zero attached hydrogens (tertiary/aromatic N) is 1. The van der Waals surface area contributed by atoms with Crippen molar-refractivity contribution in [2.75, 3.05) is 18.4 Å². The Hall–Kier alpha value is -4.22. The van der Waals surface area contributed by atoms with E-state index in [4.69, 9.17) is 5.73 Å². The Labute approximate surface area is 310 Å². The molecule has 0 spiro atoms. The van der Waals surface area contributed by atoms with Gasteiger partial charge in [-0.1, -0.05) is 87.8 Å². The minimum atomic E-state index is -0.881. The van der Waals surface area contributed by atoms with Crippen LogP contribution in [0.15, 0.2) is 35.4 Å². The molecule has 1 heterocycles. The number of urea groups is 1. The number of unbranched alkanes of at least 4 members (excludes halogenated alkanes) is 3. The van der Waals surface area contributed by atoms with E-state index in [1.165, 1.54) is 4.90 Å². The van der Waals surface area contributed by atoms with Gasteiger partial charge in [-0.2, -0.15) is 0 Å². The van der Waals surface area contributed by atoms with Gasteiger partial charge in [0.2, 0.25) is 17.7 Å². The molecule has 0 radical (unpaired) electrons. The summed E-state index contributed by atoms with van der Waals surface area (Å²) in [5.41, 5.74) is 7.76. The average molecular weight is 725 g/mol. The van der Waals surface area contributed by atoms with Gasteiger partial charge < -0.3 is 27.0 Å². The maximum atomic E-state index is 13.5. The molecule has 0 saturated carbocycles. The Morgan fingerprint density at radius 3 is 1.94 bits per heavy atom. The second-order valence-corrected chi connectivity index (χ2v) is 16.8. The monoisotopic (exact) mass is 724 g/mol. The van der Waals surface area contributed by atoms with Crippen LogP contribution in [0.3, 0.4) is 0 Å². The van der Waals surface area contributed by atoms with Crippen molar-refractivity contribution in [2.24, 2.45) is 28.4 Å². The number of carbonyl (C=O) groups is 6. The van der Waals surface area contributed by atoms with Crippen molar-refractivity contribution < 1.29 is 28.8 Å². The van der Waals surface area contributed by atoms with Gasteiger partial charge in [-0.25, -0.2) is 4.79 Å². The highest BCUT2D eigenvalue weighted by Crippen LogP contribution is 2.38. The van der Waals surface area contributed by atoms with Crippen molar-refractivity contribution in [1.82, 2.24) is 20.9 Å². The molecule has 7 amide bonds. The van der Waals surface area contributed by atoms with Crippen molar-refractivity contribution in [2.45, 2.75) is 133 Å². The van der Waals surface area contributed by atoms with Crippen molar-refractivity contribution >= 4 is 41.3 Å². The van der Waals surface area contributed by atoms with E-state index in [2.05, 4.69) is 42.0 Å². The van der Waals surface area contributed by atoms with Crippen LogP contribution in [-0.4, -0.2) is 65.6 Å². The summed E-state index contributed by atoms with van der Waals surface area (Å²) in [6.07, 6.45) is 4.16. The van der Waals surface area contributed by atoms with Gasteiger partial charge in [0.25, 0.3) is 11.8 Å². The number of anilines is 1. The fraction of sp³-hybridized carbons (Fsp3) is 0.650. The molecule has 0 bridgehead atoms. The van der Waals surface area contributed by atoms with Crippen LogP contribution in [0, 0.1) is 22.7 Å². The fourth-order valence-electron chi connectivity index (χ4n) is 6.33. The van der Waals surface area contributed by atoms with Crippen LogP contribution < -0.4 is 27.0 Å². The Morgan fingerprint density at radius 1 is 0.788 bits per heavy atom. The van der Waals surface area contributed by atoms with Crippen molar-refractivity contribution in [1.29, 1.82) is 0 Å². The maximum Gasteiger partial charge on any atom is 0.312 e. The molecule has 0 saturated heterocycles. The van der Waals surface area contributed by atoms with Gasteiger partial charge in [-0.3, -0.25) is 28.9 Å². The predicted octanol–water partition coefficient (Wildman–Crippen LogP) is 5.61. The number of imide groups is 1. The van der Waals surface area contributed by atoms with Gasteiger partial charge in [0.05, 0.1) is 0 Å². The molecular formula is C40H64N6O6. The zero-order valence-electron chi connectivity index (χ0n) is 33.2. The van der Waals surface area contributed by atoms with Crippen LogP contribution in [0.5, 0.6) is 0 Å². The first-order chi connectivity index (χ1) is 24.1. The molecule has 0 fully saturated rings. The highest BCUT2D eigenvalue weighted by molar-refractivity contribution is 6.20. The summed E-state index contributed by atoms with van der Waals surface area (Å²) < 4.78 is 0. The molecule has 1 aliphatic heterocycles. The standard InChI is InChI=1S/C40H64N6O6/c1-25(2)31-32(40(8,9)10)37(51)46(36(31)50)23-15-11-12-17-30(47)45-33(26(3)4)35(49)44-29(16-13-14-22-42-38(41)52)34(48)43-28-20-18-27(19-21-28)24-39(5,6)7/h18-21,25-26,29,33H,11-17,22-24H2,1-10H3,(H,43,48)(H,44,49)(H,45,47)(H3,41,42,52)/t29-,33-/m1/s1. The summed E-state index contributed by atoms with van der Waals surface area (Å²) in [6, 6.07) is 5.26. The van der Waals surface area contributed by atoms with Gasteiger partial charge in [-0.05, 0) is 78.9 Å². The molecule has 0 aromatic heterocycles. The third kappa shape index (κ3) is 14.1. The molecule has 0 unspecified atom stereocenters. The maximum absolute atomic E-state index is 13.5. The molecule has 12 heteroatoms. The first-order valence-corrected chi connectivity index (χ1v) is 18.8. The summed E-state index contributed by atoms with van der Waals surface area (Å²) >= 11 is 0. The Balaban J connectivity index is 1.98. The first kappa shape index (κ1) is 43.9. The fourth-order valence-corrected chi connectivity index (χ4v) is 6.33. The van der Waals surface area contributed by atoms with Crippen molar-refractivity contribution in [3.63, 3.8) is 0 Å². The summed E-state index contributed by atoms with van der Waals surface area (Å²) in [5.74, 6) is -1.91. The molecule has 290 valence electrons. The third-order valence-electron chi connectivity index (χ3n) is 8.89. The molecule has 6 N–H and O–H groups in total. The first-order valence-electron chi connectivity index (χ1n) is 18.8. The van der Waals surface area contributed by atoms with Gasteiger partial charge in [0.15, 0.2) is 0 Å². The number of benzene rings is 1. The Kier molecular flexibility index (Phi) is 16.5. The molecule has 52 heavy (non-hydrogen) atoms. The van der Waals surface area contributed by atoms with Crippen LogP contribution in [0.25, 0.3) is 0 Å². The number of carbonyl (C=O) groups excluding carboxylic acids is 6. The SMILES string of the molecule is CC(C)C1=C(C(C)(C)C)C(=O)N(CCCCCC(=O)N[C@@H](C(=O)N[C@H](CCCCNC(N)=O)C(=O)Nc2ccc(CC(C)(C)C)cc2)C(C)C)C1=O. The lowest BCUT2D eigenvalue weighted by atomic mass is 9.81. The summed E-state index contributed by atoms with van der Waals surface area (Å²) in [6.45, 7) is 20.4. The topological polar surface area (TPSA) is 180 Å². The average Bonchev–Trinajstić information content (AvgIpc) is 3.28. The van der Waals surface area contributed by atoms with Crippen molar-refractivity contribution in [3.05, 3.63) is 41.0 Å². The largest absolute Gasteiger partial charge is 0.352 e. The lowest BCUT2D eigenvalue weighted by Crippen LogP contribution is -2.54. The van der Waals surface area contributed by atoms with Crippen LogP contribution in [0.2, 0.25) is 0 Å². The lowest BCUT2D eigenvalue weighted by molar-refractivity contribution is -0.138. The second kappa shape index (κ2) is 19.6. The van der Waals surface area contributed by atoms with Gasteiger partial charge in [0, 0.05) is 36.3 Å². The summed E-state index contributed by atoms with van der Waals surface area (Å²) in [5, 5.41) is 11.1. The smallest absolute Gasteiger partial charge is 0.312 e. The summed E-state index contributed by atoms with van der Waals surface area (Å²) in [7, 11) is 0. The number of nitrogens with two attached hydrogens (primary N) is 1. The predicted molar refractivity (Wildman–Crippen MR) is 205 cm³/mol. The van der Waals surface area contributed by atoms with E-state index in [9.17, 15) is 28.8 Å². The van der Waals surface area contributed by atoms with Crippen LogP contribution in [0.1, 0.15) is 120 Å². The van der Waals surface area contributed by atoms with E-state index in [-0.39, 0.29) is 53.8 Å². The second-order valence-electron chi connectivity index (χ2n) is 16.8. The zero-order chi connectivity index (χ0) is 39.4. The number of primary amides is 1. The Morgan fingerprint density at radius 2 is 1.42 bits per heavy atom. The minimum Gasteiger partial charge on any atom is -0.352 e. The van der Waals surface area contributed by atoms with E-state index in [1.54, 1.807) is 0 Å². The third-order valence-corrected chi connectivity index (χ3v) is 8.89. The quantitative estimate of drug-likeness (QED) is 0.0915. The van der Waals surface area contributed by atoms with E-state index >= 15 is 0 Å². The van der Waals surface area contributed by atoms with Crippen LogP contribution in [0.4, 0.5) is 10.5 Å². The van der Waals surface area contributed by atoms with E-state index in [1.807, 2.05) is 72.7 Å². The normalized spacial score (nSPS) is 14.9. The minimum absolute atomic E-state index is 0.0588. The van der Waals surface area contributed by atoms with Crippen LogP contribution in [-0.2, 0) is 30.4 Å². The highest BCUT2D eigenvalue weighted by atomic mass is 16.2. The highest BCUT2D eigenvalue weighted by Gasteiger charge is 2.43. The molecule has 1 aromatic rings. The van der Waals surface area contributed by atoms with Crippen molar-refractivity contribution in [3.8, 4) is 0 Å². The van der Waals surface area contributed by atoms with Gasteiger partial charge >= 0.3 is 6.03 Å². The number of rotatable bonds is 19.